The number of para-hydroxylation sites is 1. The molecule has 4 heteroatoms. The summed E-state index contributed by atoms with van der Waals surface area (Å²) in [6.45, 7) is 0.444. The molecule has 0 amide bonds. The maximum atomic E-state index is 5.87. The zero-order valence-electron chi connectivity index (χ0n) is 12.0. The van der Waals surface area contributed by atoms with Crippen LogP contribution in [0.1, 0.15) is 17.0 Å². The molecule has 0 bridgehead atoms. The van der Waals surface area contributed by atoms with Crippen molar-refractivity contribution in [2.75, 3.05) is 0 Å². The fourth-order valence-corrected chi connectivity index (χ4v) is 1.96. The maximum absolute atomic E-state index is 5.87. The van der Waals surface area contributed by atoms with Gasteiger partial charge < -0.3 is 4.74 Å². The Hall–Kier alpha value is -3.01. The van der Waals surface area contributed by atoms with Crippen molar-refractivity contribution in [2.24, 2.45) is 0 Å². The Balaban J connectivity index is 1.74. The zero-order valence-corrected chi connectivity index (χ0v) is 12.0. The Bertz CT molecular complexity index is 743. The standard InChI is InChI=1S/C18H15N3O/c1-2-7-18(22-13-17-6-3-4-11-20-17)15(5-1)8-9-16-10-12-19-14-21-16/h1-12,14H,13H2/b9-8+. The van der Waals surface area contributed by atoms with E-state index in [4.69, 9.17) is 4.74 Å². The average molecular weight is 289 g/mol. The van der Waals surface area contributed by atoms with Crippen LogP contribution in [0.4, 0.5) is 0 Å². The van der Waals surface area contributed by atoms with Gasteiger partial charge in [0.25, 0.3) is 0 Å². The second-order valence-corrected chi connectivity index (χ2v) is 4.62. The molecule has 0 aliphatic rings. The molecule has 0 saturated carbocycles. The van der Waals surface area contributed by atoms with Gasteiger partial charge in [0.2, 0.25) is 0 Å². The van der Waals surface area contributed by atoms with Crippen LogP contribution in [0, 0.1) is 0 Å². The monoisotopic (exact) mass is 289 g/mol. The van der Waals surface area contributed by atoms with Crippen LogP contribution in [-0.4, -0.2) is 15.0 Å². The number of rotatable bonds is 5. The molecule has 0 spiro atoms. The van der Waals surface area contributed by atoms with Crippen molar-refractivity contribution in [3.8, 4) is 5.75 Å². The van der Waals surface area contributed by atoms with E-state index in [1.807, 2.05) is 60.7 Å². The summed E-state index contributed by atoms with van der Waals surface area (Å²) in [6.07, 6.45) is 8.93. The van der Waals surface area contributed by atoms with Crippen molar-refractivity contribution in [1.82, 2.24) is 15.0 Å². The molecule has 1 aromatic carbocycles. The molecule has 0 aliphatic carbocycles. The van der Waals surface area contributed by atoms with Crippen LogP contribution in [0.25, 0.3) is 12.2 Å². The van der Waals surface area contributed by atoms with Crippen LogP contribution in [0.5, 0.6) is 5.75 Å². The number of aromatic nitrogens is 3. The minimum absolute atomic E-state index is 0.444. The van der Waals surface area contributed by atoms with Gasteiger partial charge in [-0.2, -0.15) is 0 Å². The fourth-order valence-electron chi connectivity index (χ4n) is 1.96. The van der Waals surface area contributed by atoms with E-state index >= 15 is 0 Å². The van der Waals surface area contributed by atoms with E-state index in [2.05, 4.69) is 15.0 Å². The van der Waals surface area contributed by atoms with Gasteiger partial charge in [-0.15, -0.1) is 0 Å². The van der Waals surface area contributed by atoms with Crippen LogP contribution < -0.4 is 4.74 Å². The van der Waals surface area contributed by atoms with Gasteiger partial charge in [-0.1, -0.05) is 24.3 Å². The number of hydrogen-bond acceptors (Lipinski definition) is 4. The largest absolute Gasteiger partial charge is 0.487 e. The predicted molar refractivity (Wildman–Crippen MR) is 86.0 cm³/mol. The lowest BCUT2D eigenvalue weighted by molar-refractivity contribution is 0.300. The lowest BCUT2D eigenvalue weighted by atomic mass is 10.1. The molecule has 4 nitrogen and oxygen atoms in total. The Morgan fingerprint density at radius 3 is 2.59 bits per heavy atom. The highest BCUT2D eigenvalue weighted by molar-refractivity contribution is 5.71. The zero-order chi connectivity index (χ0) is 15.0. The lowest BCUT2D eigenvalue weighted by Gasteiger charge is -2.08. The minimum atomic E-state index is 0.444. The van der Waals surface area contributed by atoms with E-state index in [-0.39, 0.29) is 0 Å². The van der Waals surface area contributed by atoms with Crippen LogP contribution >= 0.6 is 0 Å². The van der Waals surface area contributed by atoms with Gasteiger partial charge in [-0.25, -0.2) is 9.97 Å². The second kappa shape index (κ2) is 7.13. The van der Waals surface area contributed by atoms with Crippen molar-refractivity contribution in [3.63, 3.8) is 0 Å². The molecule has 2 aromatic heterocycles. The Labute approximate surface area is 129 Å². The average Bonchev–Trinajstić information content (AvgIpc) is 2.61. The Morgan fingerprint density at radius 1 is 0.864 bits per heavy atom. The summed E-state index contributed by atoms with van der Waals surface area (Å²) in [4.78, 5) is 12.3. The summed E-state index contributed by atoms with van der Waals surface area (Å²) < 4.78 is 5.87. The number of nitrogens with zero attached hydrogens (tertiary/aromatic N) is 3. The Kier molecular flexibility index (Phi) is 4.52. The summed E-state index contributed by atoms with van der Waals surface area (Å²) in [6, 6.07) is 15.5. The number of hydrogen-bond donors (Lipinski definition) is 0. The number of benzene rings is 1. The van der Waals surface area contributed by atoms with Crippen LogP contribution in [0.15, 0.2) is 67.3 Å². The van der Waals surface area contributed by atoms with Gasteiger partial charge in [-0.3, -0.25) is 4.98 Å². The third-order valence-electron chi connectivity index (χ3n) is 3.06. The van der Waals surface area contributed by atoms with Crippen LogP contribution in [0.3, 0.4) is 0 Å². The van der Waals surface area contributed by atoms with Crippen molar-refractivity contribution < 1.29 is 4.74 Å². The van der Waals surface area contributed by atoms with E-state index in [1.54, 1.807) is 12.4 Å². The van der Waals surface area contributed by atoms with Crippen molar-refractivity contribution in [1.29, 1.82) is 0 Å². The first-order valence-corrected chi connectivity index (χ1v) is 6.98. The molecule has 108 valence electrons. The molecule has 0 radical (unpaired) electrons. The van der Waals surface area contributed by atoms with Crippen molar-refractivity contribution in [3.05, 3.63) is 84.2 Å². The molecule has 3 rings (SSSR count). The first kappa shape index (κ1) is 13.9. The summed E-state index contributed by atoms with van der Waals surface area (Å²) in [7, 11) is 0. The first-order valence-electron chi connectivity index (χ1n) is 6.98. The van der Waals surface area contributed by atoms with Gasteiger partial charge in [-0.05, 0) is 36.4 Å². The van der Waals surface area contributed by atoms with E-state index in [1.165, 1.54) is 6.33 Å². The highest BCUT2D eigenvalue weighted by Crippen LogP contribution is 2.21. The molecule has 3 aromatic rings. The summed E-state index contributed by atoms with van der Waals surface area (Å²) in [5, 5.41) is 0. The van der Waals surface area contributed by atoms with E-state index < -0.39 is 0 Å². The molecule has 0 N–H and O–H groups in total. The molecule has 22 heavy (non-hydrogen) atoms. The molecular formula is C18H15N3O. The molecule has 0 aliphatic heterocycles. The van der Waals surface area contributed by atoms with Crippen LogP contribution in [-0.2, 0) is 6.61 Å². The first-order chi connectivity index (χ1) is 10.9. The fraction of sp³-hybridized carbons (Fsp3) is 0.0556. The molecule has 2 heterocycles. The number of pyridine rings is 1. The van der Waals surface area contributed by atoms with Crippen molar-refractivity contribution in [2.45, 2.75) is 6.61 Å². The van der Waals surface area contributed by atoms with Gasteiger partial charge in [0.15, 0.2) is 0 Å². The predicted octanol–water partition coefficient (Wildman–Crippen LogP) is 3.62. The highest BCUT2D eigenvalue weighted by atomic mass is 16.5. The minimum Gasteiger partial charge on any atom is -0.487 e. The van der Waals surface area contributed by atoms with Crippen molar-refractivity contribution >= 4 is 12.2 Å². The van der Waals surface area contributed by atoms with E-state index in [0.717, 1.165) is 22.7 Å². The third-order valence-corrected chi connectivity index (χ3v) is 3.06. The van der Waals surface area contributed by atoms with Gasteiger partial charge in [0.1, 0.15) is 18.7 Å². The molecule has 0 saturated heterocycles. The molecule has 0 atom stereocenters. The molecular weight excluding hydrogens is 274 g/mol. The Morgan fingerprint density at radius 2 is 1.77 bits per heavy atom. The summed E-state index contributed by atoms with van der Waals surface area (Å²) >= 11 is 0. The second-order valence-electron chi connectivity index (χ2n) is 4.62. The van der Waals surface area contributed by atoms with Crippen LogP contribution in [0.2, 0.25) is 0 Å². The lowest BCUT2D eigenvalue weighted by Crippen LogP contribution is -1.98. The third kappa shape index (κ3) is 3.76. The van der Waals surface area contributed by atoms with E-state index in [9.17, 15) is 0 Å². The van der Waals surface area contributed by atoms with Gasteiger partial charge >= 0.3 is 0 Å². The smallest absolute Gasteiger partial charge is 0.130 e. The highest BCUT2D eigenvalue weighted by Gasteiger charge is 2.01. The van der Waals surface area contributed by atoms with Gasteiger partial charge in [0.05, 0.1) is 11.4 Å². The van der Waals surface area contributed by atoms with Gasteiger partial charge in [0, 0.05) is 18.0 Å². The van der Waals surface area contributed by atoms with E-state index in [0.29, 0.717) is 6.61 Å². The maximum Gasteiger partial charge on any atom is 0.130 e. The summed E-state index contributed by atoms with van der Waals surface area (Å²) in [5.74, 6) is 0.818. The summed E-state index contributed by atoms with van der Waals surface area (Å²) in [5.41, 5.74) is 2.75. The number of ether oxygens (including phenoxy) is 1. The quantitative estimate of drug-likeness (QED) is 0.719. The topological polar surface area (TPSA) is 47.9 Å². The molecule has 0 unspecified atom stereocenters. The SMILES string of the molecule is C(=C\c1ccccc1OCc1ccccn1)/c1ccncn1. The molecule has 0 fully saturated rings. The normalized spacial score (nSPS) is 10.7.